The number of thioether (sulfide) groups is 1. The summed E-state index contributed by atoms with van der Waals surface area (Å²) in [4.78, 5) is 15.1. The number of carbonyl (C=O) groups is 1. The van der Waals surface area contributed by atoms with E-state index in [9.17, 15) is 9.18 Å². The Hall–Kier alpha value is -2.00. The SMILES string of the molecule is O=C1/C(=C/c2cc(Br)ccc2OCc2ccccc2F)SC(=S)N1c1cccc(Br)c1. The van der Waals surface area contributed by atoms with E-state index in [0.29, 0.717) is 31.8 Å². The molecule has 0 aliphatic carbocycles. The van der Waals surface area contributed by atoms with E-state index < -0.39 is 0 Å². The maximum absolute atomic E-state index is 13.9. The Kier molecular flexibility index (Phi) is 6.91. The van der Waals surface area contributed by atoms with Crippen LogP contribution >= 0.6 is 55.8 Å². The van der Waals surface area contributed by atoms with Gasteiger partial charge in [0.25, 0.3) is 5.91 Å². The minimum atomic E-state index is -0.323. The van der Waals surface area contributed by atoms with Gasteiger partial charge in [0.15, 0.2) is 4.32 Å². The first-order valence-corrected chi connectivity index (χ1v) is 11.9. The minimum Gasteiger partial charge on any atom is -0.488 e. The predicted octanol–water partition coefficient (Wildman–Crippen LogP) is 7.34. The van der Waals surface area contributed by atoms with Crippen LogP contribution in [-0.2, 0) is 11.4 Å². The summed E-state index contributed by atoms with van der Waals surface area (Å²) in [5, 5.41) is 0. The first kappa shape index (κ1) is 22.2. The zero-order chi connectivity index (χ0) is 22.0. The zero-order valence-electron chi connectivity index (χ0n) is 15.8. The number of anilines is 1. The highest BCUT2D eigenvalue weighted by Gasteiger charge is 2.33. The van der Waals surface area contributed by atoms with Crippen LogP contribution in [0.3, 0.4) is 0 Å². The van der Waals surface area contributed by atoms with Crippen LogP contribution in [0.4, 0.5) is 10.1 Å². The van der Waals surface area contributed by atoms with Crippen molar-refractivity contribution in [2.45, 2.75) is 6.61 Å². The van der Waals surface area contributed by atoms with Gasteiger partial charge in [0.1, 0.15) is 18.2 Å². The molecule has 0 spiro atoms. The third-order valence-electron chi connectivity index (χ3n) is 4.46. The number of hydrogen-bond acceptors (Lipinski definition) is 4. The average Bonchev–Trinajstić information content (AvgIpc) is 3.01. The summed E-state index contributed by atoms with van der Waals surface area (Å²) in [7, 11) is 0. The number of ether oxygens (including phenoxy) is 1. The van der Waals surface area contributed by atoms with Gasteiger partial charge >= 0.3 is 0 Å². The minimum absolute atomic E-state index is 0.0775. The van der Waals surface area contributed by atoms with E-state index in [4.69, 9.17) is 17.0 Å². The van der Waals surface area contributed by atoms with Crippen LogP contribution in [0, 0.1) is 5.82 Å². The molecular formula is C23H14Br2FNO2S2. The first-order chi connectivity index (χ1) is 14.9. The van der Waals surface area contributed by atoms with Gasteiger partial charge in [0.2, 0.25) is 0 Å². The average molecular weight is 579 g/mol. The highest BCUT2D eigenvalue weighted by molar-refractivity contribution is 9.10. The third kappa shape index (κ3) is 5.09. The van der Waals surface area contributed by atoms with Gasteiger partial charge in [0.05, 0.1) is 10.6 Å². The standard InChI is InChI=1S/C23H14Br2FNO2S2/c24-16-5-3-6-18(12-16)27-22(28)21(31-23(27)30)11-15-10-17(25)8-9-20(15)29-13-14-4-1-2-7-19(14)26/h1-12H,13H2/b21-11-. The molecule has 3 aromatic carbocycles. The van der Waals surface area contributed by atoms with Crippen molar-refractivity contribution in [1.82, 2.24) is 0 Å². The van der Waals surface area contributed by atoms with E-state index in [0.717, 1.165) is 8.95 Å². The fraction of sp³-hybridized carbons (Fsp3) is 0.0435. The second-order valence-electron chi connectivity index (χ2n) is 6.56. The molecule has 0 saturated carbocycles. The van der Waals surface area contributed by atoms with Crippen LogP contribution in [0.5, 0.6) is 5.75 Å². The van der Waals surface area contributed by atoms with Gasteiger partial charge in [-0.2, -0.15) is 0 Å². The molecule has 156 valence electrons. The van der Waals surface area contributed by atoms with Crippen molar-refractivity contribution >= 4 is 77.8 Å². The van der Waals surface area contributed by atoms with E-state index in [-0.39, 0.29) is 18.3 Å². The van der Waals surface area contributed by atoms with Gasteiger partial charge in [-0.25, -0.2) is 4.39 Å². The van der Waals surface area contributed by atoms with Gasteiger partial charge in [0, 0.05) is 20.1 Å². The van der Waals surface area contributed by atoms with Crippen LogP contribution in [0.2, 0.25) is 0 Å². The normalized spacial score (nSPS) is 15.1. The first-order valence-electron chi connectivity index (χ1n) is 9.11. The molecule has 3 nitrogen and oxygen atoms in total. The van der Waals surface area contributed by atoms with Crippen molar-refractivity contribution < 1.29 is 13.9 Å². The van der Waals surface area contributed by atoms with Crippen molar-refractivity contribution in [2.75, 3.05) is 4.90 Å². The Morgan fingerprint density at radius 1 is 1.03 bits per heavy atom. The molecular weight excluding hydrogens is 565 g/mol. The van der Waals surface area contributed by atoms with E-state index in [1.807, 2.05) is 36.4 Å². The van der Waals surface area contributed by atoms with Gasteiger partial charge < -0.3 is 4.74 Å². The molecule has 1 amide bonds. The Bertz CT molecular complexity index is 1220. The second kappa shape index (κ2) is 9.65. The molecule has 0 atom stereocenters. The van der Waals surface area contributed by atoms with E-state index >= 15 is 0 Å². The lowest BCUT2D eigenvalue weighted by atomic mass is 10.1. The van der Waals surface area contributed by atoms with Gasteiger partial charge in [-0.05, 0) is 48.5 Å². The fourth-order valence-corrected chi connectivity index (χ4v) is 5.04. The summed E-state index contributed by atoms with van der Waals surface area (Å²) in [5.74, 6) is 0.0170. The quantitative estimate of drug-likeness (QED) is 0.234. The topological polar surface area (TPSA) is 29.5 Å². The zero-order valence-corrected chi connectivity index (χ0v) is 20.7. The van der Waals surface area contributed by atoms with Crippen LogP contribution in [0.15, 0.2) is 80.6 Å². The molecule has 8 heteroatoms. The molecule has 4 rings (SSSR count). The number of hydrogen-bond donors (Lipinski definition) is 0. The van der Waals surface area contributed by atoms with Gasteiger partial charge in [-0.15, -0.1) is 0 Å². The largest absolute Gasteiger partial charge is 0.488 e. The van der Waals surface area contributed by atoms with Crippen molar-refractivity contribution in [1.29, 1.82) is 0 Å². The van der Waals surface area contributed by atoms with Crippen molar-refractivity contribution in [3.8, 4) is 5.75 Å². The van der Waals surface area contributed by atoms with E-state index in [1.54, 1.807) is 30.3 Å². The highest BCUT2D eigenvalue weighted by atomic mass is 79.9. The molecule has 1 aliphatic heterocycles. The van der Waals surface area contributed by atoms with Crippen molar-refractivity contribution in [2.24, 2.45) is 0 Å². The molecule has 1 fully saturated rings. The van der Waals surface area contributed by atoms with E-state index in [2.05, 4.69) is 31.9 Å². The Balaban J connectivity index is 1.62. The van der Waals surface area contributed by atoms with Gasteiger partial charge in [-0.1, -0.05) is 80.1 Å². The van der Waals surface area contributed by atoms with Crippen LogP contribution in [0.1, 0.15) is 11.1 Å². The van der Waals surface area contributed by atoms with Crippen LogP contribution < -0.4 is 9.64 Å². The summed E-state index contributed by atoms with van der Waals surface area (Å²) in [5.41, 5.74) is 1.85. The summed E-state index contributed by atoms with van der Waals surface area (Å²) in [6, 6.07) is 19.4. The summed E-state index contributed by atoms with van der Waals surface area (Å²) >= 11 is 13.6. The number of benzene rings is 3. The van der Waals surface area contributed by atoms with Crippen LogP contribution in [-0.4, -0.2) is 10.2 Å². The molecule has 0 bridgehead atoms. The number of rotatable bonds is 5. The smallest absolute Gasteiger partial charge is 0.270 e. The number of halogens is 3. The molecule has 0 unspecified atom stereocenters. The lowest BCUT2D eigenvalue weighted by Gasteiger charge is -2.14. The molecule has 31 heavy (non-hydrogen) atoms. The third-order valence-corrected chi connectivity index (χ3v) is 6.75. The lowest BCUT2D eigenvalue weighted by Crippen LogP contribution is -2.27. The van der Waals surface area contributed by atoms with Gasteiger partial charge in [-0.3, -0.25) is 9.69 Å². The summed E-state index contributed by atoms with van der Waals surface area (Å²) in [6.45, 7) is 0.0775. The molecule has 0 radical (unpaired) electrons. The Labute approximate surface area is 205 Å². The van der Waals surface area contributed by atoms with Crippen molar-refractivity contribution in [3.05, 3.63) is 97.5 Å². The maximum Gasteiger partial charge on any atom is 0.270 e. The molecule has 1 saturated heterocycles. The fourth-order valence-electron chi connectivity index (χ4n) is 2.98. The number of nitrogens with zero attached hydrogens (tertiary/aromatic N) is 1. The van der Waals surface area contributed by atoms with Crippen LogP contribution in [0.25, 0.3) is 6.08 Å². The predicted molar refractivity (Wildman–Crippen MR) is 135 cm³/mol. The van der Waals surface area contributed by atoms with E-state index in [1.165, 1.54) is 22.7 Å². The summed E-state index contributed by atoms with van der Waals surface area (Å²) in [6.07, 6.45) is 1.75. The monoisotopic (exact) mass is 577 g/mol. The van der Waals surface area contributed by atoms with Crippen molar-refractivity contribution in [3.63, 3.8) is 0 Å². The number of thiocarbonyl (C=S) groups is 1. The maximum atomic E-state index is 13.9. The molecule has 3 aromatic rings. The number of carbonyl (C=O) groups excluding carboxylic acids is 1. The summed E-state index contributed by atoms with van der Waals surface area (Å²) < 4.78 is 22.0. The molecule has 1 aliphatic rings. The lowest BCUT2D eigenvalue weighted by molar-refractivity contribution is -0.113. The molecule has 1 heterocycles. The number of amides is 1. The highest BCUT2D eigenvalue weighted by Crippen LogP contribution is 2.38. The Morgan fingerprint density at radius 3 is 2.58 bits per heavy atom. The molecule has 0 N–H and O–H groups in total. The molecule has 0 aromatic heterocycles. The second-order valence-corrected chi connectivity index (χ2v) is 10.1. The Morgan fingerprint density at radius 2 is 1.81 bits per heavy atom.